The maximum Gasteiger partial charge on any atom is 0.242 e. The first-order chi connectivity index (χ1) is 9.48. The number of hydrogen-bond donors (Lipinski definition) is 2. The van der Waals surface area contributed by atoms with Gasteiger partial charge in [0.1, 0.15) is 0 Å². The van der Waals surface area contributed by atoms with Gasteiger partial charge < -0.3 is 9.88 Å². The second kappa shape index (κ2) is 7.81. The third-order valence-electron chi connectivity index (χ3n) is 3.40. The Morgan fingerprint density at radius 2 is 1.90 bits per heavy atom. The van der Waals surface area contributed by atoms with Crippen LogP contribution in [0.4, 0.5) is 0 Å². The molecule has 1 heterocycles. The van der Waals surface area contributed by atoms with Crippen molar-refractivity contribution >= 4 is 10.0 Å². The lowest BCUT2D eigenvalue weighted by molar-refractivity contribution is 0.530. The van der Waals surface area contributed by atoms with Crippen molar-refractivity contribution in [3.63, 3.8) is 0 Å². The Bertz CT molecular complexity index is 481. The Hall–Kier alpha value is -0.850. The van der Waals surface area contributed by atoms with Gasteiger partial charge in [-0.1, -0.05) is 20.8 Å². The second-order valence-corrected chi connectivity index (χ2v) is 6.74. The highest BCUT2D eigenvalue weighted by atomic mass is 32.2. The molecule has 0 aliphatic rings. The van der Waals surface area contributed by atoms with Gasteiger partial charge >= 0.3 is 0 Å². The number of nitrogens with one attached hydrogen (secondary N) is 2. The first-order valence-electron chi connectivity index (χ1n) is 7.34. The smallest absolute Gasteiger partial charge is 0.242 e. The van der Waals surface area contributed by atoms with Crippen molar-refractivity contribution in [2.45, 2.75) is 64.1 Å². The highest BCUT2D eigenvalue weighted by Crippen LogP contribution is 2.16. The molecule has 5 nitrogen and oxygen atoms in total. The standard InChI is InChI=1S/C14H27N3O2S/c1-5-8-17-11-14(9-13(17)10-15-4)20(18,19)16-12(6-2)7-3/h9,11-12,15-16H,5-8,10H2,1-4H3. The lowest BCUT2D eigenvalue weighted by Crippen LogP contribution is -2.33. The fourth-order valence-corrected chi connectivity index (χ4v) is 3.66. The van der Waals surface area contributed by atoms with E-state index in [0.29, 0.717) is 11.4 Å². The second-order valence-electron chi connectivity index (χ2n) is 5.03. The average molecular weight is 301 g/mol. The van der Waals surface area contributed by atoms with Crippen LogP contribution in [0.5, 0.6) is 0 Å². The van der Waals surface area contributed by atoms with Crippen LogP contribution in [0.1, 0.15) is 45.7 Å². The van der Waals surface area contributed by atoms with Crippen LogP contribution >= 0.6 is 0 Å². The van der Waals surface area contributed by atoms with Crippen molar-refractivity contribution in [1.29, 1.82) is 0 Å². The summed E-state index contributed by atoms with van der Waals surface area (Å²) >= 11 is 0. The monoisotopic (exact) mass is 301 g/mol. The highest BCUT2D eigenvalue weighted by Gasteiger charge is 2.20. The largest absolute Gasteiger partial charge is 0.349 e. The van der Waals surface area contributed by atoms with Crippen molar-refractivity contribution in [3.8, 4) is 0 Å². The van der Waals surface area contributed by atoms with Gasteiger partial charge in [-0.2, -0.15) is 0 Å². The van der Waals surface area contributed by atoms with E-state index in [4.69, 9.17) is 0 Å². The molecule has 0 bridgehead atoms. The summed E-state index contributed by atoms with van der Waals surface area (Å²) in [5.74, 6) is 0. The summed E-state index contributed by atoms with van der Waals surface area (Å²) in [5, 5.41) is 3.07. The van der Waals surface area contributed by atoms with E-state index in [9.17, 15) is 8.42 Å². The van der Waals surface area contributed by atoms with Crippen LogP contribution in [0, 0.1) is 0 Å². The number of rotatable bonds is 9. The van der Waals surface area contributed by atoms with Gasteiger partial charge in [0.05, 0.1) is 4.90 Å². The molecule has 2 N–H and O–H groups in total. The molecule has 0 saturated heterocycles. The summed E-state index contributed by atoms with van der Waals surface area (Å²) in [7, 11) is -1.56. The minimum atomic E-state index is -3.42. The van der Waals surface area contributed by atoms with Crippen LogP contribution in [0.25, 0.3) is 0 Å². The van der Waals surface area contributed by atoms with Crippen LogP contribution in [0.2, 0.25) is 0 Å². The highest BCUT2D eigenvalue weighted by molar-refractivity contribution is 7.89. The number of sulfonamides is 1. The summed E-state index contributed by atoms with van der Waals surface area (Å²) < 4.78 is 29.6. The van der Waals surface area contributed by atoms with Crippen LogP contribution in [-0.2, 0) is 23.1 Å². The van der Waals surface area contributed by atoms with E-state index < -0.39 is 10.0 Å². The van der Waals surface area contributed by atoms with Crippen molar-refractivity contribution in [3.05, 3.63) is 18.0 Å². The SMILES string of the molecule is CCCn1cc(S(=O)(=O)NC(CC)CC)cc1CNC. The molecule has 1 aromatic heterocycles. The van der Waals surface area contributed by atoms with Crippen LogP contribution in [0.3, 0.4) is 0 Å². The Kier molecular flexibility index (Phi) is 6.71. The zero-order valence-corrected chi connectivity index (χ0v) is 13.8. The van der Waals surface area contributed by atoms with E-state index in [1.54, 1.807) is 12.3 Å². The van der Waals surface area contributed by atoms with Gasteiger partial charge in [-0.05, 0) is 32.4 Å². The Labute approximate surface area is 122 Å². The molecule has 0 spiro atoms. The van der Waals surface area contributed by atoms with Gasteiger partial charge in [0.2, 0.25) is 10.0 Å². The van der Waals surface area contributed by atoms with E-state index in [0.717, 1.165) is 31.5 Å². The van der Waals surface area contributed by atoms with Gasteiger partial charge in [-0.25, -0.2) is 13.1 Å². The third kappa shape index (κ3) is 4.33. The fourth-order valence-electron chi connectivity index (χ4n) is 2.19. The predicted molar refractivity (Wildman–Crippen MR) is 82.2 cm³/mol. The Balaban J connectivity index is 3.02. The van der Waals surface area contributed by atoms with Crippen LogP contribution in [0.15, 0.2) is 17.2 Å². The van der Waals surface area contributed by atoms with Crippen molar-refractivity contribution in [1.82, 2.24) is 14.6 Å². The third-order valence-corrected chi connectivity index (χ3v) is 4.89. The van der Waals surface area contributed by atoms with Crippen molar-refractivity contribution in [2.75, 3.05) is 7.05 Å². The molecule has 0 aromatic carbocycles. The van der Waals surface area contributed by atoms with Crippen LogP contribution < -0.4 is 10.0 Å². The molecule has 1 aromatic rings. The minimum Gasteiger partial charge on any atom is -0.349 e. The van der Waals surface area contributed by atoms with E-state index in [1.807, 2.05) is 25.5 Å². The van der Waals surface area contributed by atoms with Gasteiger partial charge in [0.15, 0.2) is 0 Å². The molecule has 0 fully saturated rings. The van der Waals surface area contributed by atoms with Gasteiger partial charge in [0, 0.05) is 31.0 Å². The lowest BCUT2D eigenvalue weighted by Gasteiger charge is -2.13. The zero-order chi connectivity index (χ0) is 15.2. The maximum absolute atomic E-state index is 12.4. The predicted octanol–water partition coefficient (Wildman–Crippen LogP) is 2.08. The summed E-state index contributed by atoms with van der Waals surface area (Å²) in [6.45, 7) is 7.56. The van der Waals surface area contributed by atoms with Gasteiger partial charge in [-0.15, -0.1) is 0 Å². The lowest BCUT2D eigenvalue weighted by atomic mass is 10.2. The fraction of sp³-hybridized carbons (Fsp3) is 0.714. The number of nitrogens with zero attached hydrogens (tertiary/aromatic N) is 1. The van der Waals surface area contributed by atoms with Crippen molar-refractivity contribution in [2.24, 2.45) is 0 Å². The molecule has 116 valence electrons. The average Bonchev–Trinajstić information content (AvgIpc) is 2.81. The number of aryl methyl sites for hydroxylation is 1. The molecule has 1 rings (SSSR count). The molecule has 0 amide bonds. The summed E-state index contributed by atoms with van der Waals surface area (Å²) in [6.07, 6.45) is 4.31. The topological polar surface area (TPSA) is 63.1 Å². The Morgan fingerprint density at radius 3 is 2.40 bits per heavy atom. The molecule has 0 saturated carbocycles. The van der Waals surface area contributed by atoms with Gasteiger partial charge in [-0.3, -0.25) is 0 Å². The van der Waals surface area contributed by atoms with E-state index >= 15 is 0 Å². The normalized spacial score (nSPS) is 12.2. The maximum atomic E-state index is 12.4. The first kappa shape index (κ1) is 17.2. The molecular formula is C14H27N3O2S. The summed E-state index contributed by atoms with van der Waals surface area (Å²) in [6, 6.07) is 1.76. The molecule has 0 aliphatic carbocycles. The Morgan fingerprint density at radius 1 is 1.25 bits per heavy atom. The van der Waals surface area contributed by atoms with Gasteiger partial charge in [0.25, 0.3) is 0 Å². The molecule has 0 atom stereocenters. The van der Waals surface area contributed by atoms with E-state index in [1.165, 1.54) is 0 Å². The molecule has 0 radical (unpaired) electrons. The molecule has 0 aliphatic heterocycles. The first-order valence-corrected chi connectivity index (χ1v) is 8.82. The van der Waals surface area contributed by atoms with E-state index in [2.05, 4.69) is 17.0 Å². The molecular weight excluding hydrogens is 274 g/mol. The van der Waals surface area contributed by atoms with E-state index in [-0.39, 0.29) is 6.04 Å². The summed E-state index contributed by atoms with van der Waals surface area (Å²) in [4.78, 5) is 0.364. The number of hydrogen-bond acceptors (Lipinski definition) is 3. The quantitative estimate of drug-likeness (QED) is 0.734. The van der Waals surface area contributed by atoms with Crippen molar-refractivity contribution < 1.29 is 8.42 Å². The number of aromatic nitrogens is 1. The molecule has 0 unspecified atom stereocenters. The van der Waals surface area contributed by atoms with Crippen LogP contribution in [-0.4, -0.2) is 26.1 Å². The molecule has 20 heavy (non-hydrogen) atoms. The minimum absolute atomic E-state index is 0.00211. The molecule has 6 heteroatoms. The summed E-state index contributed by atoms with van der Waals surface area (Å²) in [5.41, 5.74) is 0.999. The zero-order valence-electron chi connectivity index (χ0n) is 12.9.